The van der Waals surface area contributed by atoms with E-state index in [2.05, 4.69) is 208 Å². The lowest BCUT2D eigenvalue weighted by Crippen LogP contribution is -2.23. The van der Waals surface area contributed by atoms with E-state index in [1.54, 1.807) is 32.2 Å². The van der Waals surface area contributed by atoms with E-state index >= 15 is 0 Å². The molecule has 8 aromatic carbocycles. The largest absolute Gasteiger partial charge is 0.507 e. The normalized spacial score (nSPS) is 20.0. The molecule has 10 nitrogen and oxygen atoms in total. The fourth-order valence-corrected chi connectivity index (χ4v) is 18.7. The highest BCUT2D eigenvalue weighted by atomic mass is 79.9. The van der Waals surface area contributed by atoms with Crippen LogP contribution in [0.4, 0.5) is 0 Å². The predicted octanol–water partition coefficient (Wildman–Crippen LogP) is 30.0. The van der Waals surface area contributed by atoms with Gasteiger partial charge in [0.25, 0.3) is 0 Å². The number of hydrogen-bond donors (Lipinski definition) is 9. The average molecular weight is 1750 g/mol. The molecule has 10 aliphatic carbocycles. The highest BCUT2D eigenvalue weighted by Gasteiger charge is 2.45. The molecule has 0 radical (unpaired) electrons. The van der Waals surface area contributed by atoms with Gasteiger partial charge in [0.05, 0.1) is 21.7 Å². The second-order valence-electron chi connectivity index (χ2n) is 38.7. The molecule has 10 aliphatic rings. The van der Waals surface area contributed by atoms with Gasteiger partial charge in [0, 0.05) is 16.7 Å². The molecule has 0 heterocycles. The molecule has 10 fully saturated rings. The maximum atomic E-state index is 10.4. The van der Waals surface area contributed by atoms with Crippen molar-refractivity contribution in [3.8, 4) is 51.7 Å². The molecule has 9 unspecified atom stereocenters. The van der Waals surface area contributed by atoms with Gasteiger partial charge in [0.2, 0.25) is 0 Å². The standard InChI is InChI=1S/C15H20O.2C15H22O.C14H18O.C14H20O.C12H16O2.C11H13BrO2.C11H13BrO/c1-10(11-6-7-11)12-4-3-5-13(14(12)16)15(2)8-9-15;1-10(2)13-8-5-9-14(15(13)16)11(3)12-6-4-7-12;1-4-10(2)13-6-5-7-14(15(13)16)11(3)12-8-9-12;1-9(10-5-6-10)12-3-2-4-13(14(12)15)11-7-8-11;1-9(2)12-5-4-6-13(14(12)15)10(3)11-7-8-11;1-8(9-6-7-9)10-4-3-5-11(14-2)12(10)13;1-11(14,7-5-6-7)8-3-2-4-9(12)10(8)13;1-7(8-5-6-8)9-3-2-4-10(12)11(9)13/h3-5,10-11,16H,6-9H2,1-2H3;5,8-12,16H,4,6-7H2,1-3H3;5-7,10-12,16H,4,8-9H2,1-3H3;2-4,9-11,15H,5-8H2,1H3;4-6,9-11,15H,7-8H2,1-3H3;3-5,8-9,13H,6-7H2,1-2H3;2-4,7,13-14H,5-6H2,1H3;2-4,7-8,13H,5-6H2,1H3. The molecule has 0 amide bonds. The molecule has 18 rings (SSSR count). The fourth-order valence-electron chi connectivity index (χ4n) is 18.0. The second-order valence-corrected chi connectivity index (χ2v) is 40.4. The van der Waals surface area contributed by atoms with Crippen LogP contribution in [-0.2, 0) is 11.0 Å². The molecule has 9 atom stereocenters. The average Bonchev–Trinajstić information content (AvgIpc) is 1.59. The minimum atomic E-state index is -0.895. The van der Waals surface area contributed by atoms with Crippen molar-refractivity contribution in [1.82, 2.24) is 0 Å². The summed E-state index contributed by atoms with van der Waals surface area (Å²) in [4.78, 5) is 0. The van der Waals surface area contributed by atoms with Gasteiger partial charge in [-0.15, -0.1) is 0 Å². The van der Waals surface area contributed by atoms with Crippen LogP contribution in [0, 0.1) is 47.3 Å². The van der Waals surface area contributed by atoms with E-state index in [0.717, 1.165) is 110 Å². The van der Waals surface area contributed by atoms with E-state index in [1.165, 1.54) is 144 Å². The van der Waals surface area contributed by atoms with Crippen LogP contribution in [0.2, 0.25) is 0 Å². The zero-order chi connectivity index (χ0) is 86.1. The van der Waals surface area contributed by atoms with Crippen molar-refractivity contribution in [3.05, 3.63) is 227 Å². The first kappa shape index (κ1) is 92.6. The Morgan fingerprint density at radius 2 is 0.664 bits per heavy atom. The summed E-state index contributed by atoms with van der Waals surface area (Å²) in [6, 6.07) is 48.2. The third-order valence-corrected chi connectivity index (χ3v) is 30.2. The molecule has 9 N–H and O–H groups in total. The summed E-state index contributed by atoms with van der Waals surface area (Å²) in [6.45, 7) is 32.5. The summed E-state index contributed by atoms with van der Waals surface area (Å²) in [5.41, 5.74) is 13.6. The van der Waals surface area contributed by atoms with E-state index < -0.39 is 5.60 Å². The number of hydrogen-bond acceptors (Lipinski definition) is 10. The third-order valence-electron chi connectivity index (χ3n) is 29.0. The van der Waals surface area contributed by atoms with Crippen LogP contribution in [0.15, 0.2) is 155 Å². The Morgan fingerprint density at radius 3 is 1.02 bits per heavy atom. The Hall–Kier alpha value is -7.12. The summed E-state index contributed by atoms with van der Waals surface area (Å²) in [7, 11) is 1.58. The highest BCUT2D eigenvalue weighted by molar-refractivity contribution is 9.11. The molecule has 0 bridgehead atoms. The molecule has 12 heteroatoms. The fraction of sp³-hybridized carbons (Fsp3) is 0.551. The van der Waals surface area contributed by atoms with Crippen molar-refractivity contribution < 1.29 is 50.7 Å². The maximum Gasteiger partial charge on any atom is 0.161 e. The van der Waals surface area contributed by atoms with Crippen LogP contribution in [0.5, 0.6) is 51.7 Å². The van der Waals surface area contributed by atoms with Crippen LogP contribution in [0.25, 0.3) is 0 Å². The first-order valence-electron chi connectivity index (χ1n) is 45.9. The van der Waals surface area contributed by atoms with Gasteiger partial charge < -0.3 is 50.7 Å². The van der Waals surface area contributed by atoms with Crippen molar-refractivity contribution in [1.29, 1.82) is 0 Å². The Kier molecular flexibility index (Phi) is 31.8. The van der Waals surface area contributed by atoms with Crippen molar-refractivity contribution >= 4 is 31.9 Å². The van der Waals surface area contributed by atoms with Crippen molar-refractivity contribution in [3.63, 3.8) is 0 Å². The first-order valence-corrected chi connectivity index (χ1v) is 47.4. The van der Waals surface area contributed by atoms with Gasteiger partial charge in [0.1, 0.15) is 40.2 Å². The number of aromatic hydroxyl groups is 8. The zero-order valence-corrected chi connectivity index (χ0v) is 77.7. The molecule has 119 heavy (non-hydrogen) atoms. The number of methoxy groups -OCH3 is 1. The van der Waals surface area contributed by atoms with Gasteiger partial charge in [-0.25, -0.2) is 0 Å². The number of aliphatic hydroxyl groups is 1. The Balaban J connectivity index is 0.000000133. The highest BCUT2D eigenvalue weighted by Crippen LogP contribution is 2.57. The molecular formula is C107H144Br2O10. The first-order chi connectivity index (χ1) is 56.7. The maximum absolute atomic E-state index is 10.4. The Morgan fingerprint density at radius 1 is 0.353 bits per heavy atom. The van der Waals surface area contributed by atoms with Crippen LogP contribution in [0.3, 0.4) is 0 Å². The molecule has 0 spiro atoms. The van der Waals surface area contributed by atoms with Gasteiger partial charge in [-0.3, -0.25) is 0 Å². The van der Waals surface area contributed by atoms with Crippen LogP contribution in [0.1, 0.15) is 383 Å². The number of phenols is 8. The van der Waals surface area contributed by atoms with Gasteiger partial charge in [-0.2, -0.15) is 0 Å². The number of benzene rings is 8. The lowest BCUT2D eigenvalue weighted by Gasteiger charge is -2.32. The summed E-state index contributed by atoms with van der Waals surface area (Å²) >= 11 is 6.58. The number of rotatable bonds is 23. The quantitative estimate of drug-likeness (QED) is 0.0298. The van der Waals surface area contributed by atoms with Crippen molar-refractivity contribution in [2.45, 2.75) is 321 Å². The molecule has 0 saturated heterocycles. The molecule has 0 aliphatic heterocycles. The van der Waals surface area contributed by atoms with Crippen molar-refractivity contribution in [2.75, 3.05) is 7.11 Å². The number of ether oxygens (including phenoxy) is 1. The summed E-state index contributed by atoms with van der Waals surface area (Å²) in [5, 5.41) is 91.3. The molecule has 10 saturated carbocycles. The smallest absolute Gasteiger partial charge is 0.161 e. The summed E-state index contributed by atoms with van der Waals surface area (Å²) in [6.07, 6.45) is 28.0. The summed E-state index contributed by atoms with van der Waals surface area (Å²) in [5.74, 6) is 15.6. The van der Waals surface area contributed by atoms with Crippen LogP contribution < -0.4 is 4.74 Å². The van der Waals surface area contributed by atoms with Crippen LogP contribution >= 0.6 is 31.9 Å². The van der Waals surface area contributed by atoms with E-state index in [0.29, 0.717) is 127 Å². The van der Waals surface area contributed by atoms with E-state index in [-0.39, 0.29) is 11.2 Å². The predicted molar refractivity (Wildman–Crippen MR) is 497 cm³/mol. The molecule has 8 aromatic rings. The number of phenolic OH excluding ortho intramolecular Hbond substituents is 8. The van der Waals surface area contributed by atoms with E-state index in [4.69, 9.17) is 4.74 Å². The monoisotopic (exact) mass is 1750 g/mol. The summed E-state index contributed by atoms with van der Waals surface area (Å²) < 4.78 is 6.52. The lowest BCUT2D eigenvalue weighted by molar-refractivity contribution is 0.0307. The minimum Gasteiger partial charge on any atom is -0.507 e. The molecule has 0 aromatic heterocycles. The lowest BCUT2D eigenvalue weighted by atomic mass is 9.73. The van der Waals surface area contributed by atoms with Gasteiger partial charge in [0.15, 0.2) is 11.5 Å². The van der Waals surface area contributed by atoms with Crippen molar-refractivity contribution in [2.24, 2.45) is 47.3 Å². The van der Waals surface area contributed by atoms with Gasteiger partial charge in [-0.05, 0) is 365 Å². The second kappa shape index (κ2) is 40.9. The Bertz CT molecular complexity index is 4550. The SMILES string of the molecule is CC(C)c1cccc(C(C)C2CC2)c1O.CC(C)c1cccc(C(C)C2CCC2)c1O.CC(O)(c1cccc(Br)c1O)C1CC1.CC(c1cccc(Br)c1O)C1CC1.CC(c1cccc(C2(C)CC2)c1O)C1CC1.CC(c1cccc(C2CC2)c1O)C1CC1.CCC(C)c1cccc(C(C)C2CC2)c1O.COc1cccc(C(C)C2CC2)c1O. The minimum absolute atomic E-state index is 0.157. The van der Waals surface area contributed by atoms with Crippen LogP contribution in [-0.4, -0.2) is 53.1 Å². The number of para-hydroxylation sites is 8. The van der Waals surface area contributed by atoms with Gasteiger partial charge >= 0.3 is 0 Å². The zero-order valence-electron chi connectivity index (χ0n) is 74.6. The number of halogens is 2. The topological polar surface area (TPSA) is 191 Å². The van der Waals surface area contributed by atoms with Gasteiger partial charge in [-0.1, -0.05) is 231 Å². The van der Waals surface area contributed by atoms with E-state index in [1.807, 2.05) is 48.5 Å². The molecule has 646 valence electrons. The van der Waals surface area contributed by atoms with E-state index in [9.17, 15) is 46.0 Å². The molecular weight excluding hydrogens is 1600 g/mol. The third kappa shape index (κ3) is 24.0. The Labute approximate surface area is 731 Å².